The van der Waals surface area contributed by atoms with Crippen LogP contribution in [0.3, 0.4) is 0 Å². The van der Waals surface area contributed by atoms with E-state index in [2.05, 4.69) is 36.4 Å². The molecule has 1 aliphatic carbocycles. The number of carbonyl (C=O) groups excluding carboxylic acids is 3. The first-order chi connectivity index (χ1) is 18.0. The zero-order valence-corrected chi connectivity index (χ0v) is 22.8. The second-order valence-corrected chi connectivity index (χ2v) is 11.1. The average Bonchev–Trinajstić information content (AvgIpc) is 3.59. The molecule has 0 unspecified atom stereocenters. The van der Waals surface area contributed by atoms with Crippen molar-refractivity contribution >= 4 is 69.8 Å². The van der Waals surface area contributed by atoms with E-state index in [0.717, 1.165) is 23.3 Å². The molecule has 1 saturated carbocycles. The van der Waals surface area contributed by atoms with Crippen molar-refractivity contribution in [2.45, 2.75) is 31.5 Å². The molecule has 0 saturated heterocycles. The Labute approximate surface area is 227 Å². The van der Waals surface area contributed by atoms with Crippen LogP contribution in [-0.2, 0) is 16.1 Å². The summed E-state index contributed by atoms with van der Waals surface area (Å²) in [5.74, 6) is 0.0991. The van der Waals surface area contributed by atoms with E-state index in [4.69, 9.17) is 4.74 Å². The molecule has 3 amide bonds. The Morgan fingerprint density at radius 2 is 1.92 bits per heavy atom. The second-order valence-electron chi connectivity index (χ2n) is 10.0. The molecule has 1 fully saturated rings. The molecular formula is C23H28B3N7O4S. The number of rotatable bonds is 10. The van der Waals surface area contributed by atoms with Gasteiger partial charge in [0.15, 0.2) is 17.3 Å². The lowest BCUT2D eigenvalue weighted by Crippen LogP contribution is -2.50. The van der Waals surface area contributed by atoms with Crippen LogP contribution in [0.1, 0.15) is 35.1 Å². The first kappa shape index (κ1) is 27.2. The molecule has 194 valence electrons. The van der Waals surface area contributed by atoms with Crippen molar-refractivity contribution in [1.29, 1.82) is 0 Å². The maximum Gasteiger partial charge on any atom is 0.272 e. The van der Waals surface area contributed by atoms with Gasteiger partial charge in [-0.1, -0.05) is 6.07 Å². The van der Waals surface area contributed by atoms with Crippen LogP contribution in [0.25, 0.3) is 10.6 Å². The SMILES string of the molecule is BC(B)(B)NC(=O)c1nnc(NC(=O)C2CC2)cc1Nc1cccc(-c2ncc(CNC(C)=O)s2)c1OC. The van der Waals surface area contributed by atoms with Gasteiger partial charge in [0.2, 0.25) is 11.8 Å². The molecule has 11 nitrogen and oxygen atoms in total. The Balaban J connectivity index is 1.68. The van der Waals surface area contributed by atoms with Gasteiger partial charge < -0.3 is 26.0 Å². The van der Waals surface area contributed by atoms with Crippen molar-refractivity contribution < 1.29 is 19.1 Å². The number of anilines is 3. The third kappa shape index (κ3) is 6.91. The van der Waals surface area contributed by atoms with Crippen molar-refractivity contribution in [3.05, 3.63) is 41.0 Å². The lowest BCUT2D eigenvalue weighted by molar-refractivity contribution is -0.119. The summed E-state index contributed by atoms with van der Waals surface area (Å²) in [6, 6.07) is 7.12. The minimum absolute atomic E-state index is 0.0114. The fourth-order valence-electron chi connectivity index (χ4n) is 3.58. The minimum atomic E-state index is -0.494. The van der Waals surface area contributed by atoms with Crippen LogP contribution >= 0.6 is 11.3 Å². The van der Waals surface area contributed by atoms with Crippen LogP contribution in [0, 0.1) is 5.92 Å². The number of para-hydroxylation sites is 1. The molecule has 2 heterocycles. The number of carbonyl (C=O) groups is 3. The molecule has 15 heteroatoms. The van der Waals surface area contributed by atoms with E-state index in [1.807, 2.05) is 41.7 Å². The smallest absolute Gasteiger partial charge is 0.272 e. The number of nitrogens with one attached hydrogen (secondary N) is 4. The summed E-state index contributed by atoms with van der Waals surface area (Å²) in [6.45, 7) is 1.85. The molecule has 0 atom stereocenters. The second kappa shape index (κ2) is 11.3. The number of methoxy groups -OCH3 is 1. The Morgan fingerprint density at radius 3 is 2.58 bits per heavy atom. The Kier molecular flexibility index (Phi) is 8.05. The molecule has 0 bridgehead atoms. The van der Waals surface area contributed by atoms with E-state index in [9.17, 15) is 14.4 Å². The van der Waals surface area contributed by atoms with Crippen molar-refractivity contribution in [3.63, 3.8) is 0 Å². The minimum Gasteiger partial charge on any atom is -0.494 e. The Hall–Kier alpha value is -3.87. The van der Waals surface area contributed by atoms with E-state index in [0.29, 0.717) is 28.7 Å². The molecule has 0 radical (unpaired) electrons. The lowest BCUT2D eigenvalue weighted by atomic mass is 9.49. The quantitative estimate of drug-likeness (QED) is 0.258. The maximum absolute atomic E-state index is 13.1. The summed E-state index contributed by atoms with van der Waals surface area (Å²) in [4.78, 5) is 42.0. The molecule has 2 aromatic heterocycles. The summed E-state index contributed by atoms with van der Waals surface area (Å²) in [5, 5.41) is 20.1. The van der Waals surface area contributed by atoms with Gasteiger partial charge in [0.25, 0.3) is 5.91 Å². The summed E-state index contributed by atoms with van der Waals surface area (Å²) >= 11 is 1.44. The van der Waals surface area contributed by atoms with E-state index in [1.165, 1.54) is 18.3 Å². The normalized spacial score (nSPS) is 12.9. The highest BCUT2D eigenvalue weighted by Gasteiger charge is 2.30. The van der Waals surface area contributed by atoms with E-state index in [1.54, 1.807) is 19.4 Å². The molecule has 1 aliphatic rings. The number of aromatic nitrogens is 3. The Bertz CT molecular complexity index is 1380. The number of nitrogens with zero attached hydrogens (tertiary/aromatic N) is 3. The highest BCUT2D eigenvalue weighted by atomic mass is 32.1. The topological polar surface area (TPSA) is 147 Å². The largest absolute Gasteiger partial charge is 0.494 e. The van der Waals surface area contributed by atoms with Gasteiger partial charge in [-0.3, -0.25) is 14.4 Å². The molecule has 1 aromatic carbocycles. The van der Waals surface area contributed by atoms with Crippen LogP contribution in [0.5, 0.6) is 5.75 Å². The molecule has 38 heavy (non-hydrogen) atoms. The van der Waals surface area contributed by atoms with Gasteiger partial charge in [0.1, 0.15) is 28.5 Å². The lowest BCUT2D eigenvalue weighted by Gasteiger charge is -2.22. The highest BCUT2D eigenvalue weighted by Crippen LogP contribution is 2.40. The predicted octanol–water partition coefficient (Wildman–Crippen LogP) is -0.423. The molecule has 4 N–H and O–H groups in total. The number of benzene rings is 1. The summed E-state index contributed by atoms with van der Waals surface area (Å²) in [5.41, 5.74) is 1.74. The van der Waals surface area contributed by atoms with Gasteiger partial charge >= 0.3 is 0 Å². The number of thiazole rings is 1. The van der Waals surface area contributed by atoms with Crippen LogP contribution in [-0.4, -0.2) is 68.8 Å². The summed E-state index contributed by atoms with van der Waals surface area (Å²) in [7, 11) is 7.16. The molecule has 0 aliphatic heterocycles. The van der Waals surface area contributed by atoms with Gasteiger partial charge in [0, 0.05) is 30.0 Å². The molecule has 4 rings (SSSR count). The zero-order valence-electron chi connectivity index (χ0n) is 22.0. The number of hydrogen-bond donors (Lipinski definition) is 4. The van der Waals surface area contributed by atoms with Crippen molar-refractivity contribution in [3.8, 4) is 16.3 Å². The monoisotopic (exact) mass is 531 g/mol. The number of amides is 3. The van der Waals surface area contributed by atoms with Gasteiger partial charge in [-0.15, -0.1) is 21.5 Å². The van der Waals surface area contributed by atoms with Crippen molar-refractivity contribution in [2.75, 3.05) is 17.7 Å². The third-order valence-corrected chi connectivity index (χ3v) is 6.51. The van der Waals surface area contributed by atoms with E-state index >= 15 is 0 Å². The van der Waals surface area contributed by atoms with Crippen LogP contribution in [0.15, 0.2) is 30.5 Å². The molecule has 0 spiro atoms. The van der Waals surface area contributed by atoms with Crippen molar-refractivity contribution in [2.24, 2.45) is 5.92 Å². The van der Waals surface area contributed by atoms with Crippen LogP contribution < -0.4 is 26.0 Å². The highest BCUT2D eigenvalue weighted by molar-refractivity contribution is 7.15. The third-order valence-electron chi connectivity index (χ3n) is 5.48. The van der Waals surface area contributed by atoms with Gasteiger partial charge in [-0.25, -0.2) is 4.98 Å². The fraction of sp³-hybridized carbons (Fsp3) is 0.304. The number of ether oxygens (including phenoxy) is 1. The molecular weight excluding hydrogens is 503 g/mol. The van der Waals surface area contributed by atoms with E-state index in [-0.39, 0.29) is 29.2 Å². The first-order valence-electron chi connectivity index (χ1n) is 12.2. The van der Waals surface area contributed by atoms with Gasteiger partial charge in [0.05, 0.1) is 30.6 Å². The maximum atomic E-state index is 13.1. The fourth-order valence-corrected chi connectivity index (χ4v) is 4.46. The van der Waals surface area contributed by atoms with Gasteiger partial charge in [-0.2, -0.15) is 0 Å². The average molecular weight is 531 g/mol. The molecule has 3 aromatic rings. The predicted molar refractivity (Wildman–Crippen MR) is 154 cm³/mol. The summed E-state index contributed by atoms with van der Waals surface area (Å²) < 4.78 is 5.75. The van der Waals surface area contributed by atoms with Crippen molar-refractivity contribution in [1.82, 2.24) is 25.8 Å². The standard InChI is InChI=1S/C23H28B3N7O4S/c1-11(34)27-9-13-10-28-22(38-13)14-4-3-5-15(19(14)37-2)29-16-8-17(30-20(35)12-6-7-12)32-33-18(16)21(36)31-23(24,25)26/h3-5,8,10,12H,6-7,9,24-26H2,1-2H3,(H,27,34)(H,31,36)(H2,29,30,32,35). The zero-order chi connectivity index (χ0) is 27.4. The van der Waals surface area contributed by atoms with Gasteiger partial charge in [-0.05, 0) is 30.2 Å². The Morgan fingerprint density at radius 1 is 1.16 bits per heavy atom. The van der Waals surface area contributed by atoms with Crippen LogP contribution in [0.4, 0.5) is 17.2 Å². The van der Waals surface area contributed by atoms with E-state index < -0.39 is 11.1 Å². The number of hydrogen-bond acceptors (Lipinski definition) is 9. The summed E-state index contributed by atoms with van der Waals surface area (Å²) in [6.07, 6.45) is 3.42. The van der Waals surface area contributed by atoms with Crippen LogP contribution in [0.2, 0.25) is 0 Å². The first-order valence-corrected chi connectivity index (χ1v) is 13.0.